The average Bonchev–Trinajstić information content (AvgIpc) is 0. The molecule has 0 saturated heterocycles. The Morgan fingerprint density at radius 1 is 0.333 bits per heavy atom. The van der Waals surface area contributed by atoms with E-state index in [0.29, 0.717) is 0 Å². The van der Waals surface area contributed by atoms with E-state index in [0.717, 1.165) is 0 Å². The summed E-state index contributed by atoms with van der Waals surface area (Å²) >= 11 is 0. The van der Waals surface area contributed by atoms with E-state index >= 15 is 0 Å². The molecule has 6 heavy (non-hydrogen) atoms. The Kier molecular flexibility index (Phi) is 380. The van der Waals surface area contributed by atoms with E-state index in [9.17, 15) is 0 Å². The average molecular weight is 935 g/mol. The third kappa shape index (κ3) is 26.2. The van der Waals surface area contributed by atoms with E-state index in [4.69, 9.17) is 0 Å². The molecule has 0 aliphatic heterocycles. The van der Waals surface area contributed by atoms with E-state index in [1.807, 2.05) is 0 Å². The molecule has 0 unspecified atom stereocenters. The summed E-state index contributed by atoms with van der Waals surface area (Å²) in [5.74, 6) is 0. The molecule has 2 N–H and O–H groups in total. The molecule has 1 nitrogen and oxygen atoms in total. The second-order valence-corrected chi connectivity index (χ2v) is 0. The first-order valence-electron chi connectivity index (χ1n) is 0. The van der Waals surface area contributed by atoms with Crippen LogP contribution in [0.4, 0.5) is 0 Å². The first-order valence-corrected chi connectivity index (χ1v) is 0. The Hall–Kier alpha value is 3.40. The number of rotatable bonds is 0. The third-order valence-electron chi connectivity index (χ3n) is 0. The third-order valence-corrected chi connectivity index (χ3v) is 0. The normalized spacial score (nSPS) is 0. The first kappa shape index (κ1) is 57.4. The van der Waals surface area contributed by atoms with Crippen molar-refractivity contribution in [3.63, 3.8) is 0 Å². The van der Waals surface area contributed by atoms with Gasteiger partial charge in [0.15, 0.2) is 0 Å². The van der Waals surface area contributed by atoms with Gasteiger partial charge in [0, 0.05) is 105 Å². The van der Waals surface area contributed by atoms with Crippen LogP contribution < -0.4 is 0 Å². The number of nitrogens with two attached hydrogens (primary N) is 1. The van der Waals surface area contributed by atoms with Gasteiger partial charge in [-0.3, -0.25) is 0 Å². The van der Waals surface area contributed by atoms with Crippen molar-refractivity contribution in [1.82, 2.24) is 0 Å². The van der Waals surface area contributed by atoms with Crippen LogP contribution in [0.5, 0.6) is 0 Å². The molecule has 0 aromatic carbocycles. The van der Waals surface area contributed by atoms with Gasteiger partial charge < -0.3 is 6.15 Å². The molecule has 0 aliphatic rings. The van der Waals surface area contributed by atoms with Crippen LogP contribution in [0.15, 0.2) is 0 Å². The van der Waals surface area contributed by atoms with Crippen LogP contribution in [0.2, 0.25) is 0 Å². The van der Waals surface area contributed by atoms with Crippen molar-refractivity contribution in [2.45, 2.75) is 0 Å². The summed E-state index contributed by atoms with van der Waals surface area (Å²) in [6.45, 7) is 0. The van der Waals surface area contributed by atoms with Crippen LogP contribution in [-0.2, 0) is 105 Å². The molecule has 0 aromatic heterocycles. The van der Waals surface area contributed by atoms with Gasteiger partial charge in [0.2, 0.25) is 0 Å². The minimum Gasteiger partial charge on any atom is -0.693 e. The van der Waals surface area contributed by atoms with Crippen molar-refractivity contribution in [3.05, 3.63) is 6.15 Å². The maximum atomic E-state index is 0. The van der Waals surface area contributed by atoms with Crippen molar-refractivity contribution in [2.24, 2.45) is 0 Å². The van der Waals surface area contributed by atoms with E-state index < -0.39 is 0 Å². The van der Waals surface area contributed by atoms with Gasteiger partial charge in [-0.2, -0.15) is 0 Å². The fraction of sp³-hybridized carbons (Fsp3) is 0. The van der Waals surface area contributed by atoms with Crippen molar-refractivity contribution in [2.75, 3.05) is 0 Å². The van der Waals surface area contributed by atoms with Crippen molar-refractivity contribution >= 4 is 0 Å². The van der Waals surface area contributed by atoms with E-state index in [1.54, 1.807) is 0 Å². The summed E-state index contributed by atoms with van der Waals surface area (Å²) in [7, 11) is 0. The predicted octanol–water partition coefficient (Wildman–Crippen LogP) is 0.705. The van der Waals surface area contributed by atoms with Gasteiger partial charge in [-0.05, 0) is 0 Å². The molecule has 0 rings (SSSR count). The monoisotopic (exact) mass is 936 g/mol. The molecule has 0 heterocycles. The van der Waals surface area contributed by atoms with Gasteiger partial charge in [-0.1, -0.05) is 0 Å². The van der Waals surface area contributed by atoms with Gasteiger partial charge in [-0.25, -0.2) is 0 Å². The second-order valence-electron chi connectivity index (χ2n) is 0. The molecule has 0 atom stereocenters. The summed E-state index contributed by atoms with van der Waals surface area (Å²) < 4.78 is 0. The zero-order chi connectivity index (χ0) is 0. The van der Waals surface area contributed by atoms with Crippen LogP contribution in [-0.4, -0.2) is 0 Å². The van der Waals surface area contributed by atoms with E-state index in [1.165, 1.54) is 0 Å². The Balaban J connectivity index is 0. The molecule has 6 heteroatoms. The van der Waals surface area contributed by atoms with Crippen LogP contribution in [0.25, 0.3) is 6.15 Å². The summed E-state index contributed by atoms with van der Waals surface area (Å²) in [4.78, 5) is 0. The van der Waals surface area contributed by atoms with Crippen molar-refractivity contribution in [3.8, 4) is 0 Å². The molecule has 0 aromatic rings. The zero-order valence-electron chi connectivity index (χ0n) is 2.62. The Morgan fingerprint density at radius 3 is 0.333 bits per heavy atom. The van der Waals surface area contributed by atoms with E-state index in [2.05, 4.69) is 0 Å². The van der Waals surface area contributed by atoms with Gasteiger partial charge in [0.25, 0.3) is 0 Å². The zero-order valence-corrected chi connectivity index (χ0v) is 17.3. The first-order chi connectivity index (χ1) is 0. The quantitative estimate of drug-likeness (QED) is 0.344. The summed E-state index contributed by atoms with van der Waals surface area (Å²) in [5.41, 5.74) is 0. The van der Waals surface area contributed by atoms with Crippen molar-refractivity contribution in [1.29, 1.82) is 0 Å². The minimum absolute atomic E-state index is 0. The fourth-order valence-corrected chi connectivity index (χ4v) is 0. The maximum absolute atomic E-state index is 0. The minimum atomic E-state index is 0. The molecule has 0 saturated carbocycles. The number of hydrogen-bond acceptors (Lipinski definition) is 0. The number of hydrogen-bond donors (Lipinski definition) is 0. The molecule has 0 radical (unpaired) electrons. The molecule has 0 amide bonds. The fourth-order valence-electron chi connectivity index (χ4n) is 0. The molecule has 0 spiro atoms. The molecule has 0 bridgehead atoms. The topological polar surface area (TPSA) is 33.5 Å². The molecular formula is H2NW5-. The smallest absolute Gasteiger partial charge is 0 e. The van der Waals surface area contributed by atoms with Gasteiger partial charge >= 0.3 is 0 Å². The van der Waals surface area contributed by atoms with Crippen LogP contribution >= 0.6 is 0 Å². The molecule has 0 fully saturated rings. The van der Waals surface area contributed by atoms with Crippen LogP contribution in [0, 0.1) is 0 Å². The van der Waals surface area contributed by atoms with Gasteiger partial charge in [0.05, 0.1) is 0 Å². The summed E-state index contributed by atoms with van der Waals surface area (Å²) in [6.07, 6.45) is 0. The van der Waals surface area contributed by atoms with E-state index in [-0.39, 0.29) is 111 Å². The Morgan fingerprint density at radius 2 is 0.333 bits per heavy atom. The largest absolute Gasteiger partial charge is 0.693 e. The van der Waals surface area contributed by atoms with Gasteiger partial charge in [-0.15, -0.1) is 0 Å². The standard InChI is InChI=1S/H2N.5W/h1H2;;;;;/q-1;;;;;. The SMILES string of the molecule is [NH2-].[W].[W].[W].[W].[W]. The van der Waals surface area contributed by atoms with Crippen molar-refractivity contribution < 1.29 is 105 Å². The predicted molar refractivity (Wildman–Crippen MR) is 5.28 cm³/mol. The van der Waals surface area contributed by atoms with Gasteiger partial charge in [0.1, 0.15) is 0 Å². The molecule has 0 aliphatic carbocycles. The summed E-state index contributed by atoms with van der Waals surface area (Å²) in [5, 5.41) is 0. The molecule has 38 valence electrons. The summed E-state index contributed by atoms with van der Waals surface area (Å²) in [6, 6.07) is 0. The Labute approximate surface area is 109 Å². The van der Waals surface area contributed by atoms with Crippen LogP contribution in [0.3, 0.4) is 0 Å². The second kappa shape index (κ2) is 39.8. The van der Waals surface area contributed by atoms with Crippen LogP contribution in [0.1, 0.15) is 0 Å². The Bertz CT molecular complexity index is 3.90. The molecular weight excluding hydrogens is 933 g/mol. The maximum Gasteiger partial charge on any atom is 0 e.